The second-order valence-electron chi connectivity index (χ2n) is 6.19. The number of aryl methyl sites for hydroxylation is 1. The Balaban J connectivity index is 1.49. The normalized spacial score (nSPS) is 14.8. The van der Waals surface area contributed by atoms with Gasteiger partial charge in [-0.3, -0.25) is 9.88 Å². The summed E-state index contributed by atoms with van der Waals surface area (Å²) in [5.74, 6) is 0. The van der Waals surface area contributed by atoms with E-state index < -0.39 is 0 Å². The molecule has 25 heavy (non-hydrogen) atoms. The van der Waals surface area contributed by atoms with Gasteiger partial charge in [0.2, 0.25) is 0 Å². The van der Waals surface area contributed by atoms with Crippen LogP contribution in [0.15, 0.2) is 42.6 Å². The lowest BCUT2D eigenvalue weighted by atomic mass is 10.1. The monoisotopic (exact) mass is 335 g/mol. The number of carbonyl (C=O) groups is 1. The molecule has 0 bridgehead atoms. The van der Waals surface area contributed by atoms with Crippen LogP contribution in [-0.2, 0) is 6.54 Å². The molecule has 6 nitrogen and oxygen atoms in total. The number of anilines is 1. The van der Waals surface area contributed by atoms with E-state index in [-0.39, 0.29) is 6.03 Å². The van der Waals surface area contributed by atoms with Crippen LogP contribution in [-0.4, -0.2) is 47.0 Å². The van der Waals surface area contributed by atoms with Crippen molar-refractivity contribution in [2.75, 3.05) is 31.5 Å². The molecule has 1 aromatic heterocycles. The smallest absolute Gasteiger partial charge is 0.321 e. The van der Waals surface area contributed by atoms with Crippen LogP contribution >= 0.6 is 0 Å². The van der Waals surface area contributed by atoms with Gasteiger partial charge < -0.3 is 10.2 Å². The second kappa shape index (κ2) is 7.77. The Hall–Kier alpha value is -2.91. The molecule has 2 aromatic rings. The van der Waals surface area contributed by atoms with Crippen LogP contribution in [0.25, 0.3) is 0 Å². The minimum atomic E-state index is -0.0661. The third-order valence-electron chi connectivity index (χ3n) is 4.30. The van der Waals surface area contributed by atoms with Crippen LogP contribution in [0.4, 0.5) is 10.5 Å². The first-order valence-corrected chi connectivity index (χ1v) is 8.34. The molecule has 1 fully saturated rings. The van der Waals surface area contributed by atoms with Gasteiger partial charge in [-0.25, -0.2) is 4.79 Å². The molecule has 1 aromatic carbocycles. The largest absolute Gasteiger partial charge is 0.322 e. The highest BCUT2D eigenvalue weighted by Crippen LogP contribution is 2.12. The molecule has 0 spiro atoms. The Morgan fingerprint density at radius 2 is 1.92 bits per heavy atom. The molecule has 1 aliphatic heterocycles. The summed E-state index contributed by atoms with van der Waals surface area (Å²) in [4.78, 5) is 20.7. The fourth-order valence-corrected chi connectivity index (χ4v) is 2.88. The second-order valence-corrected chi connectivity index (χ2v) is 6.19. The number of hydrogen-bond acceptors (Lipinski definition) is 4. The maximum atomic E-state index is 12.4. The molecule has 128 valence electrons. The predicted molar refractivity (Wildman–Crippen MR) is 96.0 cm³/mol. The average Bonchev–Trinajstić information content (AvgIpc) is 2.63. The number of rotatable bonds is 3. The molecule has 2 heterocycles. The summed E-state index contributed by atoms with van der Waals surface area (Å²) in [5, 5.41) is 11.8. The van der Waals surface area contributed by atoms with E-state index in [4.69, 9.17) is 5.26 Å². The Kier molecular flexibility index (Phi) is 5.26. The number of carbonyl (C=O) groups excluding carboxylic acids is 1. The van der Waals surface area contributed by atoms with E-state index in [1.165, 1.54) is 5.56 Å². The van der Waals surface area contributed by atoms with Gasteiger partial charge in [0.05, 0.1) is 11.6 Å². The number of urea groups is 1. The molecule has 2 amide bonds. The first-order valence-electron chi connectivity index (χ1n) is 8.34. The fourth-order valence-electron chi connectivity index (χ4n) is 2.88. The van der Waals surface area contributed by atoms with Crippen LogP contribution in [0.1, 0.15) is 16.8 Å². The molecule has 1 saturated heterocycles. The van der Waals surface area contributed by atoms with Gasteiger partial charge in [0.1, 0.15) is 0 Å². The number of benzene rings is 1. The number of nitrogens with zero attached hydrogens (tertiary/aromatic N) is 4. The molecule has 0 radical (unpaired) electrons. The van der Waals surface area contributed by atoms with Crippen molar-refractivity contribution in [3.8, 4) is 6.07 Å². The summed E-state index contributed by atoms with van der Waals surface area (Å²) >= 11 is 0. The topological polar surface area (TPSA) is 72.3 Å². The molecular formula is C19H21N5O. The Bertz CT molecular complexity index is 773. The van der Waals surface area contributed by atoms with Crippen molar-refractivity contribution < 1.29 is 4.79 Å². The van der Waals surface area contributed by atoms with Gasteiger partial charge in [-0.1, -0.05) is 12.1 Å². The van der Waals surface area contributed by atoms with E-state index in [0.29, 0.717) is 18.7 Å². The third-order valence-corrected chi connectivity index (χ3v) is 4.30. The van der Waals surface area contributed by atoms with Gasteiger partial charge in [0.15, 0.2) is 0 Å². The molecule has 0 aliphatic carbocycles. The highest BCUT2D eigenvalue weighted by molar-refractivity contribution is 5.89. The van der Waals surface area contributed by atoms with E-state index in [1.807, 2.05) is 42.2 Å². The molecule has 0 atom stereocenters. The van der Waals surface area contributed by atoms with E-state index in [0.717, 1.165) is 31.0 Å². The third kappa shape index (κ3) is 4.55. The summed E-state index contributed by atoms with van der Waals surface area (Å²) < 4.78 is 0. The van der Waals surface area contributed by atoms with Gasteiger partial charge in [-0.15, -0.1) is 0 Å². The maximum absolute atomic E-state index is 12.4. The average molecular weight is 335 g/mol. The number of pyridine rings is 1. The maximum Gasteiger partial charge on any atom is 0.321 e. The Morgan fingerprint density at radius 1 is 1.20 bits per heavy atom. The fraction of sp³-hybridized carbons (Fsp3) is 0.316. The zero-order valence-electron chi connectivity index (χ0n) is 14.3. The number of nitriles is 1. The van der Waals surface area contributed by atoms with Crippen LogP contribution in [0.3, 0.4) is 0 Å². The zero-order valence-corrected chi connectivity index (χ0v) is 14.3. The van der Waals surface area contributed by atoms with Crippen LogP contribution in [0.2, 0.25) is 0 Å². The first kappa shape index (κ1) is 16.9. The highest BCUT2D eigenvalue weighted by Gasteiger charge is 2.21. The first-order chi connectivity index (χ1) is 12.1. The van der Waals surface area contributed by atoms with Crippen molar-refractivity contribution in [3.05, 3.63) is 59.4 Å². The van der Waals surface area contributed by atoms with Gasteiger partial charge in [-0.2, -0.15) is 5.26 Å². The SMILES string of the molecule is Cc1cc(NC(=O)N2CCN(Cc3ccc(C#N)cc3)CC2)ccn1. The van der Waals surface area contributed by atoms with E-state index in [1.54, 1.807) is 12.3 Å². The predicted octanol–water partition coefficient (Wildman–Crippen LogP) is 2.61. The Morgan fingerprint density at radius 3 is 2.56 bits per heavy atom. The van der Waals surface area contributed by atoms with Gasteiger partial charge in [-0.05, 0) is 36.8 Å². The minimum Gasteiger partial charge on any atom is -0.322 e. The summed E-state index contributed by atoms with van der Waals surface area (Å²) in [6.45, 7) is 5.81. The molecule has 0 unspecified atom stereocenters. The molecule has 0 saturated carbocycles. The van der Waals surface area contributed by atoms with E-state index >= 15 is 0 Å². The van der Waals surface area contributed by atoms with Crippen LogP contribution < -0.4 is 5.32 Å². The van der Waals surface area contributed by atoms with Crippen LogP contribution in [0.5, 0.6) is 0 Å². The van der Waals surface area contributed by atoms with Crippen molar-refractivity contribution in [3.63, 3.8) is 0 Å². The van der Waals surface area contributed by atoms with Crippen molar-refractivity contribution in [1.29, 1.82) is 5.26 Å². The van der Waals surface area contributed by atoms with Crippen molar-refractivity contribution in [2.24, 2.45) is 0 Å². The van der Waals surface area contributed by atoms with Crippen molar-refractivity contribution in [1.82, 2.24) is 14.8 Å². The summed E-state index contributed by atoms with van der Waals surface area (Å²) in [6.07, 6.45) is 1.69. The van der Waals surface area contributed by atoms with E-state index in [9.17, 15) is 4.79 Å². The van der Waals surface area contributed by atoms with Crippen molar-refractivity contribution >= 4 is 11.7 Å². The van der Waals surface area contributed by atoms with Crippen molar-refractivity contribution in [2.45, 2.75) is 13.5 Å². The quantitative estimate of drug-likeness (QED) is 0.936. The van der Waals surface area contributed by atoms with Gasteiger partial charge >= 0.3 is 6.03 Å². The lowest BCUT2D eigenvalue weighted by Crippen LogP contribution is -2.49. The molecule has 1 aliphatic rings. The number of piperazine rings is 1. The lowest BCUT2D eigenvalue weighted by molar-refractivity contribution is 0.143. The van der Waals surface area contributed by atoms with Crippen LogP contribution in [0, 0.1) is 18.3 Å². The highest BCUT2D eigenvalue weighted by atomic mass is 16.2. The number of amides is 2. The molecule has 1 N–H and O–H groups in total. The minimum absolute atomic E-state index is 0.0661. The lowest BCUT2D eigenvalue weighted by Gasteiger charge is -2.34. The molecule has 6 heteroatoms. The molecule has 3 rings (SSSR count). The number of aromatic nitrogens is 1. The number of nitrogens with one attached hydrogen (secondary N) is 1. The number of hydrogen-bond donors (Lipinski definition) is 1. The van der Waals surface area contributed by atoms with Gasteiger partial charge in [0.25, 0.3) is 0 Å². The molecular weight excluding hydrogens is 314 g/mol. The summed E-state index contributed by atoms with van der Waals surface area (Å²) in [7, 11) is 0. The van der Waals surface area contributed by atoms with E-state index in [2.05, 4.69) is 21.3 Å². The zero-order chi connectivity index (χ0) is 17.6. The summed E-state index contributed by atoms with van der Waals surface area (Å²) in [5.41, 5.74) is 3.52. The summed E-state index contributed by atoms with van der Waals surface area (Å²) in [6, 6.07) is 13.4. The van der Waals surface area contributed by atoms with Gasteiger partial charge in [0, 0.05) is 50.3 Å². The Labute approximate surface area is 147 Å². The standard InChI is InChI=1S/C19H21N5O/c1-15-12-18(6-7-21-15)22-19(25)24-10-8-23(9-11-24)14-17-4-2-16(13-20)3-5-17/h2-7,12H,8-11,14H2,1H3,(H,21,22,25).